The Morgan fingerprint density at radius 3 is 1.30 bits per heavy atom. The van der Waals surface area contributed by atoms with E-state index in [1.807, 2.05) is 36.4 Å². The fourth-order valence-electron chi connectivity index (χ4n) is 12.4. The molecule has 0 saturated carbocycles. The first-order valence-corrected chi connectivity index (χ1v) is 26.1. The third kappa shape index (κ3) is 6.39. The summed E-state index contributed by atoms with van der Waals surface area (Å²) in [5.74, 6) is 1.85. The number of fused-ring (bicyclic) bond motifs is 12. The van der Waals surface area contributed by atoms with Crippen molar-refractivity contribution in [1.82, 2.24) is 33.2 Å². The second-order valence-corrected chi connectivity index (χ2v) is 19.9. The molecule has 0 aliphatic heterocycles. The van der Waals surface area contributed by atoms with Crippen molar-refractivity contribution in [3.63, 3.8) is 0 Å². The molecule has 0 saturated heterocycles. The van der Waals surface area contributed by atoms with Crippen LogP contribution in [0.5, 0.6) is 0 Å². The lowest BCUT2D eigenvalue weighted by Crippen LogP contribution is -2.06. The third-order valence-corrected chi connectivity index (χ3v) is 15.7. The van der Waals surface area contributed by atoms with Gasteiger partial charge in [-0.15, -0.1) is 0 Å². The molecule has 5 heterocycles. The number of allylic oxidation sites excluding steroid dienone is 1. The van der Waals surface area contributed by atoms with E-state index >= 15 is 0 Å². The maximum absolute atomic E-state index is 5.23. The molecule has 10 aromatic carbocycles. The van der Waals surface area contributed by atoms with Gasteiger partial charge in [-0.2, -0.15) is 0 Å². The largest absolute Gasteiger partial charge is 0.313 e. The van der Waals surface area contributed by atoms with E-state index in [-0.39, 0.29) is 0 Å². The number of rotatable bonds is 7. The van der Waals surface area contributed by atoms with Crippen LogP contribution in [0.15, 0.2) is 243 Å². The Morgan fingerprint density at radius 1 is 0.289 bits per heavy atom. The average molecular weight is 972 g/mol. The van der Waals surface area contributed by atoms with Crippen LogP contribution in [-0.4, -0.2) is 33.2 Å². The van der Waals surface area contributed by atoms with Gasteiger partial charge in [0.2, 0.25) is 0 Å². The minimum absolute atomic E-state index is 0.603. The average Bonchev–Trinajstić information content (AvgIpc) is 4.27. The zero-order valence-electron chi connectivity index (χ0n) is 41.2. The van der Waals surface area contributed by atoms with E-state index in [0.717, 1.165) is 74.3 Å². The molecule has 0 unspecified atom stereocenters. The van der Waals surface area contributed by atoms with Gasteiger partial charge >= 0.3 is 0 Å². The standard InChI is InChI=1S/C69H45N7/c1-3-19-44(20-4-1)67-70-68(45-21-5-2-6-22-45)72-69(71-67)46-35-39-64(66(41-46)76-60-32-16-10-25-51(60)52-26-11-17-33-61(52)76)75-62-34-18-12-28-54(62)56-42-47(37-40-63(56)75)74-59-31-15-9-27-53(59)55-38-36-48(43-65(55)74)73-57-29-13-7-23-49(57)50-24-8-14-30-58(50)73/h1-14,16-30,32-43H,15,31H2. The summed E-state index contributed by atoms with van der Waals surface area (Å²) in [6, 6.07) is 85.1. The number of nitrogens with zero attached hydrogens (tertiary/aromatic N) is 7. The topological polar surface area (TPSA) is 58.4 Å². The predicted octanol–water partition coefficient (Wildman–Crippen LogP) is 17.1. The van der Waals surface area contributed by atoms with Gasteiger partial charge in [0.25, 0.3) is 0 Å². The van der Waals surface area contributed by atoms with E-state index in [9.17, 15) is 0 Å². The Bertz CT molecular complexity index is 4710. The maximum atomic E-state index is 5.23. The van der Waals surface area contributed by atoms with Crippen molar-refractivity contribution in [3.8, 4) is 56.9 Å². The molecule has 0 bridgehead atoms. The molecule has 0 spiro atoms. The highest BCUT2D eigenvalue weighted by Gasteiger charge is 2.25. The van der Waals surface area contributed by atoms with Gasteiger partial charge in [0.1, 0.15) is 0 Å². The van der Waals surface area contributed by atoms with Gasteiger partial charge in [0, 0.05) is 77.0 Å². The molecule has 15 aromatic rings. The van der Waals surface area contributed by atoms with Crippen LogP contribution >= 0.6 is 0 Å². The maximum Gasteiger partial charge on any atom is 0.164 e. The number of hydrogen-bond acceptors (Lipinski definition) is 3. The van der Waals surface area contributed by atoms with Gasteiger partial charge in [-0.3, -0.25) is 0 Å². The normalized spacial score (nSPS) is 12.6. The monoisotopic (exact) mass is 971 g/mol. The van der Waals surface area contributed by atoms with Gasteiger partial charge in [-0.25, -0.2) is 15.0 Å². The van der Waals surface area contributed by atoms with E-state index in [2.05, 4.69) is 231 Å². The van der Waals surface area contributed by atoms with Crippen LogP contribution in [0.1, 0.15) is 17.7 Å². The number of hydrogen-bond donors (Lipinski definition) is 0. The Hall–Kier alpha value is -10.1. The Labute approximate surface area is 437 Å². The fraction of sp³-hybridized carbons (Fsp3) is 0.0290. The zero-order chi connectivity index (χ0) is 49.8. The quantitative estimate of drug-likeness (QED) is 0.160. The summed E-state index contributed by atoms with van der Waals surface area (Å²) in [5.41, 5.74) is 17.8. The summed E-state index contributed by atoms with van der Waals surface area (Å²) in [6.07, 6.45) is 6.62. The summed E-state index contributed by atoms with van der Waals surface area (Å²) in [6.45, 7) is 0. The molecule has 356 valence electrons. The lowest BCUT2D eigenvalue weighted by atomic mass is 10.0. The molecule has 0 atom stereocenters. The first-order chi connectivity index (χ1) is 37.7. The van der Waals surface area contributed by atoms with Crippen molar-refractivity contribution in [2.45, 2.75) is 12.8 Å². The molecule has 0 amide bonds. The summed E-state index contributed by atoms with van der Waals surface area (Å²) < 4.78 is 9.86. The highest BCUT2D eigenvalue weighted by atomic mass is 15.1. The lowest BCUT2D eigenvalue weighted by Gasteiger charge is -2.18. The number of benzene rings is 10. The second-order valence-electron chi connectivity index (χ2n) is 19.9. The van der Waals surface area contributed by atoms with Gasteiger partial charge < -0.3 is 18.3 Å². The highest BCUT2D eigenvalue weighted by Crippen LogP contribution is 2.43. The van der Waals surface area contributed by atoms with Gasteiger partial charge in [-0.05, 0) is 91.7 Å². The molecule has 1 aliphatic carbocycles. The minimum atomic E-state index is 0.603. The van der Waals surface area contributed by atoms with E-state index in [1.54, 1.807) is 0 Å². The van der Waals surface area contributed by atoms with Gasteiger partial charge in [-0.1, -0.05) is 170 Å². The first-order valence-electron chi connectivity index (χ1n) is 26.1. The molecule has 7 nitrogen and oxygen atoms in total. The van der Waals surface area contributed by atoms with E-state index in [4.69, 9.17) is 15.0 Å². The second kappa shape index (κ2) is 16.7. The van der Waals surface area contributed by atoms with Gasteiger partial charge in [0.15, 0.2) is 17.5 Å². The van der Waals surface area contributed by atoms with Crippen LogP contribution in [0, 0.1) is 0 Å². The molecule has 16 rings (SSSR count). The molecule has 5 aromatic heterocycles. The van der Waals surface area contributed by atoms with E-state index < -0.39 is 0 Å². The molecule has 7 heteroatoms. The van der Waals surface area contributed by atoms with Crippen LogP contribution in [0.25, 0.3) is 139 Å². The first kappa shape index (κ1) is 42.4. The summed E-state index contributed by atoms with van der Waals surface area (Å²) in [7, 11) is 0. The van der Waals surface area contributed by atoms with Crippen molar-refractivity contribution in [3.05, 3.63) is 254 Å². The van der Waals surface area contributed by atoms with Crippen molar-refractivity contribution >= 4 is 82.4 Å². The number of aromatic nitrogens is 7. The Kier molecular flexibility index (Phi) is 9.32. The summed E-state index contributed by atoms with van der Waals surface area (Å²) >= 11 is 0. The molecule has 0 radical (unpaired) electrons. The lowest BCUT2D eigenvalue weighted by molar-refractivity contribution is 0.889. The van der Waals surface area contributed by atoms with Crippen molar-refractivity contribution in [1.29, 1.82) is 0 Å². The third-order valence-electron chi connectivity index (χ3n) is 15.7. The smallest absolute Gasteiger partial charge is 0.164 e. The van der Waals surface area contributed by atoms with E-state index in [1.165, 1.54) is 65.5 Å². The SMILES string of the molecule is C1=Cc2c(n(-c3ccc4c(c3)c3ccccc3n4-c3ccc(-c4nc(-c5ccccc5)nc(-c5ccccc5)n4)cc3-n3c4ccccc4c4ccccc43)c3cc(-n4c5ccccc5c5ccccc54)ccc23)CC1. The van der Waals surface area contributed by atoms with Crippen LogP contribution in [0.2, 0.25) is 0 Å². The molecular weight excluding hydrogens is 927 g/mol. The summed E-state index contributed by atoms with van der Waals surface area (Å²) in [5, 5.41) is 8.53. The molecule has 76 heavy (non-hydrogen) atoms. The molecule has 1 aliphatic rings. The van der Waals surface area contributed by atoms with Gasteiger partial charge in [0.05, 0.1) is 50.0 Å². The van der Waals surface area contributed by atoms with E-state index in [0.29, 0.717) is 17.5 Å². The predicted molar refractivity (Wildman–Crippen MR) is 313 cm³/mol. The van der Waals surface area contributed by atoms with Crippen molar-refractivity contribution in [2.75, 3.05) is 0 Å². The Balaban J connectivity index is 0.935. The highest BCUT2D eigenvalue weighted by molar-refractivity contribution is 6.13. The van der Waals surface area contributed by atoms with Crippen molar-refractivity contribution in [2.24, 2.45) is 0 Å². The molecule has 0 fully saturated rings. The number of para-hydroxylation sites is 5. The van der Waals surface area contributed by atoms with Crippen LogP contribution in [0.4, 0.5) is 0 Å². The fourth-order valence-corrected chi connectivity index (χ4v) is 12.4. The van der Waals surface area contributed by atoms with Crippen molar-refractivity contribution < 1.29 is 0 Å². The molecule has 0 N–H and O–H groups in total. The molecular formula is C69H45N7. The summed E-state index contributed by atoms with van der Waals surface area (Å²) in [4.78, 5) is 15.5. The van der Waals surface area contributed by atoms with Crippen LogP contribution in [-0.2, 0) is 6.42 Å². The van der Waals surface area contributed by atoms with Crippen LogP contribution in [0.3, 0.4) is 0 Å². The Morgan fingerprint density at radius 2 is 0.737 bits per heavy atom. The zero-order valence-corrected chi connectivity index (χ0v) is 41.2. The minimum Gasteiger partial charge on any atom is -0.313 e. The van der Waals surface area contributed by atoms with Crippen LogP contribution < -0.4 is 0 Å².